The summed E-state index contributed by atoms with van der Waals surface area (Å²) < 4.78 is 17.4. The number of carbonyl (C=O) groups excluding carboxylic acids is 1. The summed E-state index contributed by atoms with van der Waals surface area (Å²) in [5.74, 6) is 2.32. The van der Waals surface area contributed by atoms with Crippen molar-refractivity contribution < 1.29 is 19.0 Å². The van der Waals surface area contributed by atoms with Crippen LogP contribution in [0.15, 0.2) is 72.8 Å². The maximum atomic E-state index is 12.6. The monoisotopic (exact) mass is 488 g/mol. The molecule has 4 nitrogen and oxygen atoms in total. The summed E-state index contributed by atoms with van der Waals surface area (Å²) in [6, 6.07) is 22.8. The van der Waals surface area contributed by atoms with Crippen LogP contribution in [0.4, 0.5) is 0 Å². The smallest absolute Gasteiger partial charge is 0.343 e. The van der Waals surface area contributed by atoms with Crippen LogP contribution < -0.4 is 14.2 Å². The molecule has 3 aromatic rings. The van der Waals surface area contributed by atoms with Crippen molar-refractivity contribution in [3.63, 3.8) is 0 Å². The van der Waals surface area contributed by atoms with Crippen molar-refractivity contribution in [1.29, 1.82) is 0 Å². The van der Waals surface area contributed by atoms with Gasteiger partial charge >= 0.3 is 5.97 Å². The van der Waals surface area contributed by atoms with Gasteiger partial charge in [0.15, 0.2) is 0 Å². The minimum Gasteiger partial charge on any atom is -0.493 e. The second kappa shape index (κ2) is 14.3. The first-order valence-electron chi connectivity index (χ1n) is 13.3. The molecule has 0 bridgehead atoms. The van der Waals surface area contributed by atoms with Crippen molar-refractivity contribution in [3.8, 4) is 28.4 Å². The summed E-state index contributed by atoms with van der Waals surface area (Å²) in [4.78, 5) is 12.6. The molecule has 3 aromatic carbocycles. The van der Waals surface area contributed by atoms with Crippen LogP contribution >= 0.6 is 0 Å². The van der Waals surface area contributed by atoms with Crippen LogP contribution in [-0.4, -0.2) is 18.7 Å². The molecular formula is C32H40O4. The van der Waals surface area contributed by atoms with E-state index in [9.17, 15) is 4.79 Å². The minimum atomic E-state index is -0.385. The standard InChI is InChI=1S/C32H40O4/c1-5-7-8-9-10-25(4)35-30-21-15-28(16-22-30)32(33)36-31-19-13-27(14-20-31)26-11-17-29(18-12-26)34-23-24(3)6-2/h11-22,24-25H,5-10,23H2,1-4H3/t24?,25-/m1/s1. The van der Waals surface area contributed by atoms with Crippen LogP contribution in [0.3, 0.4) is 0 Å². The Morgan fingerprint density at radius 2 is 1.31 bits per heavy atom. The number of ether oxygens (including phenoxy) is 3. The second-order valence-corrected chi connectivity index (χ2v) is 9.56. The highest BCUT2D eigenvalue weighted by Gasteiger charge is 2.11. The lowest BCUT2D eigenvalue weighted by molar-refractivity contribution is 0.0734. The van der Waals surface area contributed by atoms with Crippen molar-refractivity contribution in [1.82, 2.24) is 0 Å². The molecule has 0 heterocycles. The van der Waals surface area contributed by atoms with Crippen LogP contribution in [0.1, 0.15) is 76.6 Å². The van der Waals surface area contributed by atoms with E-state index in [2.05, 4.69) is 27.7 Å². The van der Waals surface area contributed by atoms with Crippen molar-refractivity contribution in [2.75, 3.05) is 6.61 Å². The van der Waals surface area contributed by atoms with E-state index in [0.29, 0.717) is 17.2 Å². The molecule has 0 radical (unpaired) electrons. The summed E-state index contributed by atoms with van der Waals surface area (Å²) in [7, 11) is 0. The Kier molecular flexibility index (Phi) is 10.9. The Balaban J connectivity index is 1.50. The Morgan fingerprint density at radius 3 is 1.89 bits per heavy atom. The third kappa shape index (κ3) is 8.75. The SMILES string of the molecule is CCCCCC[C@@H](C)Oc1ccc(C(=O)Oc2ccc(-c3ccc(OCC(C)CC)cc3)cc2)cc1. The van der Waals surface area contributed by atoms with Crippen LogP contribution in [0.2, 0.25) is 0 Å². The summed E-state index contributed by atoms with van der Waals surface area (Å²) in [5, 5.41) is 0. The van der Waals surface area contributed by atoms with Crippen LogP contribution in [0.5, 0.6) is 17.2 Å². The topological polar surface area (TPSA) is 44.8 Å². The molecule has 0 aliphatic carbocycles. The van der Waals surface area contributed by atoms with Crippen LogP contribution in [0, 0.1) is 5.92 Å². The average Bonchev–Trinajstić information content (AvgIpc) is 2.91. The second-order valence-electron chi connectivity index (χ2n) is 9.56. The largest absolute Gasteiger partial charge is 0.493 e. The third-order valence-corrected chi connectivity index (χ3v) is 6.38. The van der Waals surface area contributed by atoms with Crippen LogP contribution in [0.25, 0.3) is 11.1 Å². The first-order valence-corrected chi connectivity index (χ1v) is 13.3. The van der Waals surface area contributed by atoms with Gasteiger partial charge in [0, 0.05) is 0 Å². The molecule has 0 aromatic heterocycles. The average molecular weight is 489 g/mol. The third-order valence-electron chi connectivity index (χ3n) is 6.38. The molecule has 2 atom stereocenters. The fraction of sp³-hybridized carbons (Fsp3) is 0.406. The Hall–Kier alpha value is -3.27. The molecule has 0 aliphatic heterocycles. The van der Waals surface area contributed by atoms with Gasteiger partial charge in [0.05, 0.1) is 18.3 Å². The Labute approximate surface area is 216 Å². The van der Waals surface area contributed by atoms with Gasteiger partial charge < -0.3 is 14.2 Å². The zero-order chi connectivity index (χ0) is 25.8. The molecule has 0 N–H and O–H groups in total. The Morgan fingerprint density at radius 1 is 0.722 bits per heavy atom. The lowest BCUT2D eigenvalue weighted by Crippen LogP contribution is -2.12. The minimum absolute atomic E-state index is 0.159. The first kappa shape index (κ1) is 27.3. The number of esters is 1. The summed E-state index contributed by atoms with van der Waals surface area (Å²) in [5.41, 5.74) is 2.63. The molecule has 0 aliphatic rings. The van der Waals surface area contributed by atoms with E-state index in [-0.39, 0.29) is 12.1 Å². The van der Waals surface area contributed by atoms with E-state index in [4.69, 9.17) is 14.2 Å². The fourth-order valence-electron chi connectivity index (χ4n) is 3.80. The highest BCUT2D eigenvalue weighted by molar-refractivity contribution is 5.91. The number of benzene rings is 3. The predicted octanol–water partition coefficient (Wildman–Crippen LogP) is 8.74. The molecule has 3 rings (SSSR count). The molecule has 0 saturated heterocycles. The molecular weight excluding hydrogens is 448 g/mol. The van der Waals surface area contributed by atoms with E-state index in [0.717, 1.165) is 42.1 Å². The van der Waals surface area contributed by atoms with Crippen molar-refractivity contribution >= 4 is 5.97 Å². The van der Waals surface area contributed by atoms with Gasteiger partial charge in [0.1, 0.15) is 17.2 Å². The lowest BCUT2D eigenvalue weighted by atomic mass is 10.1. The predicted molar refractivity (Wildman–Crippen MR) is 147 cm³/mol. The van der Waals surface area contributed by atoms with Gasteiger partial charge in [-0.15, -0.1) is 0 Å². The lowest BCUT2D eigenvalue weighted by Gasteiger charge is -2.15. The van der Waals surface area contributed by atoms with Gasteiger partial charge in [-0.05, 0) is 85.3 Å². The number of hydrogen-bond acceptors (Lipinski definition) is 4. The van der Waals surface area contributed by atoms with E-state index >= 15 is 0 Å². The zero-order valence-electron chi connectivity index (χ0n) is 22.2. The quantitative estimate of drug-likeness (QED) is 0.129. The molecule has 4 heteroatoms. The molecule has 36 heavy (non-hydrogen) atoms. The van der Waals surface area contributed by atoms with E-state index in [1.54, 1.807) is 12.1 Å². The Bertz CT molecular complexity index is 1040. The number of carbonyl (C=O) groups is 1. The van der Waals surface area contributed by atoms with Crippen molar-refractivity contribution in [2.24, 2.45) is 5.92 Å². The molecule has 0 spiro atoms. The van der Waals surface area contributed by atoms with Gasteiger partial charge in [0.25, 0.3) is 0 Å². The summed E-state index contributed by atoms with van der Waals surface area (Å²) in [6.45, 7) is 9.38. The zero-order valence-corrected chi connectivity index (χ0v) is 22.2. The molecule has 1 unspecified atom stereocenters. The summed E-state index contributed by atoms with van der Waals surface area (Å²) in [6.07, 6.45) is 7.23. The van der Waals surface area contributed by atoms with Crippen LogP contribution in [-0.2, 0) is 0 Å². The van der Waals surface area contributed by atoms with Gasteiger partial charge in [-0.25, -0.2) is 4.79 Å². The number of unbranched alkanes of at least 4 members (excludes halogenated alkanes) is 3. The maximum Gasteiger partial charge on any atom is 0.343 e. The summed E-state index contributed by atoms with van der Waals surface area (Å²) >= 11 is 0. The van der Waals surface area contributed by atoms with Gasteiger partial charge in [-0.2, -0.15) is 0 Å². The first-order chi connectivity index (χ1) is 17.5. The highest BCUT2D eigenvalue weighted by atomic mass is 16.5. The molecule has 192 valence electrons. The van der Waals surface area contributed by atoms with E-state index in [1.807, 2.05) is 60.7 Å². The maximum absolute atomic E-state index is 12.6. The fourth-order valence-corrected chi connectivity index (χ4v) is 3.80. The van der Waals surface area contributed by atoms with Crippen molar-refractivity contribution in [2.45, 2.75) is 72.3 Å². The highest BCUT2D eigenvalue weighted by Crippen LogP contribution is 2.26. The van der Waals surface area contributed by atoms with Gasteiger partial charge in [-0.3, -0.25) is 0 Å². The molecule has 0 saturated carbocycles. The van der Waals surface area contributed by atoms with Gasteiger partial charge in [-0.1, -0.05) is 70.7 Å². The normalized spacial score (nSPS) is 12.6. The molecule has 0 fully saturated rings. The van der Waals surface area contributed by atoms with E-state index < -0.39 is 0 Å². The number of rotatable bonds is 14. The van der Waals surface area contributed by atoms with Crippen molar-refractivity contribution in [3.05, 3.63) is 78.4 Å². The number of hydrogen-bond donors (Lipinski definition) is 0. The van der Waals surface area contributed by atoms with Gasteiger partial charge in [0.2, 0.25) is 0 Å². The van der Waals surface area contributed by atoms with E-state index in [1.165, 1.54) is 25.7 Å². The molecule has 0 amide bonds.